The van der Waals surface area contributed by atoms with Crippen LogP contribution in [0.25, 0.3) is 0 Å². The number of carbonyl (C=O) groups excluding carboxylic acids is 2. The van der Waals surface area contributed by atoms with Crippen LogP contribution in [0.5, 0.6) is 0 Å². The minimum Gasteiger partial charge on any atom is -0.356 e. The molecule has 0 radical (unpaired) electrons. The molecule has 5 nitrogen and oxygen atoms in total. The topological polar surface area (TPSA) is 52.7 Å². The van der Waals surface area contributed by atoms with Crippen LogP contribution in [0.2, 0.25) is 0 Å². The largest absolute Gasteiger partial charge is 0.356 e. The van der Waals surface area contributed by atoms with Crippen molar-refractivity contribution in [1.29, 1.82) is 0 Å². The highest BCUT2D eigenvalue weighted by Crippen LogP contribution is 2.41. The van der Waals surface area contributed by atoms with Gasteiger partial charge < -0.3 is 15.1 Å². The second-order valence-electron chi connectivity index (χ2n) is 7.67. The number of hydrogen-bond donors (Lipinski definition) is 1. The number of rotatable bonds is 2. The van der Waals surface area contributed by atoms with Crippen LogP contribution in [0, 0.1) is 11.3 Å². The number of likely N-dealkylation sites (tertiary alicyclic amines) is 2. The highest BCUT2D eigenvalue weighted by Gasteiger charge is 2.45. The molecule has 4 rings (SSSR count). The van der Waals surface area contributed by atoms with E-state index in [1.807, 2.05) is 4.90 Å². The molecule has 1 aliphatic carbocycles. The summed E-state index contributed by atoms with van der Waals surface area (Å²) in [6.07, 6.45) is 7.70. The van der Waals surface area contributed by atoms with Crippen LogP contribution in [0.1, 0.15) is 38.5 Å². The first kappa shape index (κ1) is 13.6. The lowest BCUT2D eigenvalue weighted by atomic mass is 9.76. The van der Waals surface area contributed by atoms with Gasteiger partial charge in [-0.1, -0.05) is 0 Å². The Kier molecular flexibility index (Phi) is 3.21. The summed E-state index contributed by atoms with van der Waals surface area (Å²) in [6, 6.07) is 1.14. The van der Waals surface area contributed by atoms with Crippen molar-refractivity contribution in [2.45, 2.75) is 50.6 Å². The number of nitrogens with one attached hydrogen (secondary N) is 1. The molecule has 1 saturated carbocycles. The first-order valence-electron chi connectivity index (χ1n) is 8.39. The van der Waals surface area contributed by atoms with E-state index in [1.165, 1.54) is 12.8 Å². The molecule has 21 heavy (non-hydrogen) atoms. The Morgan fingerprint density at radius 2 is 1.90 bits per heavy atom. The van der Waals surface area contributed by atoms with Crippen LogP contribution in [0.15, 0.2) is 0 Å². The van der Waals surface area contributed by atoms with Crippen LogP contribution in [0.4, 0.5) is 0 Å². The highest BCUT2D eigenvalue weighted by atomic mass is 16.2. The molecule has 1 spiro atoms. The molecular formula is C16H25N3O2. The van der Waals surface area contributed by atoms with Crippen molar-refractivity contribution in [2.75, 3.05) is 26.2 Å². The quantitative estimate of drug-likeness (QED) is 0.758. The van der Waals surface area contributed by atoms with Crippen molar-refractivity contribution in [3.8, 4) is 0 Å². The van der Waals surface area contributed by atoms with Crippen LogP contribution < -0.4 is 5.32 Å². The van der Waals surface area contributed by atoms with Crippen LogP contribution in [-0.4, -0.2) is 60.4 Å². The van der Waals surface area contributed by atoms with E-state index in [0.717, 1.165) is 58.3 Å². The van der Waals surface area contributed by atoms with E-state index in [2.05, 4.69) is 10.2 Å². The molecule has 3 saturated heterocycles. The summed E-state index contributed by atoms with van der Waals surface area (Å²) in [5, 5.41) is 3.01. The lowest BCUT2D eigenvalue weighted by molar-refractivity contribution is -0.120. The van der Waals surface area contributed by atoms with Gasteiger partial charge in [0.25, 0.3) is 0 Å². The molecule has 0 aromatic heterocycles. The van der Waals surface area contributed by atoms with Gasteiger partial charge in [0.05, 0.1) is 0 Å². The summed E-state index contributed by atoms with van der Waals surface area (Å²) in [6.45, 7) is 4.11. The maximum Gasteiger partial charge on any atom is 0.220 e. The van der Waals surface area contributed by atoms with Gasteiger partial charge in [-0.15, -0.1) is 0 Å². The second-order valence-corrected chi connectivity index (χ2v) is 7.67. The van der Waals surface area contributed by atoms with E-state index in [0.29, 0.717) is 18.0 Å². The zero-order valence-electron chi connectivity index (χ0n) is 12.6. The monoisotopic (exact) mass is 291 g/mol. The van der Waals surface area contributed by atoms with Crippen molar-refractivity contribution >= 4 is 12.3 Å². The third kappa shape index (κ3) is 2.35. The smallest absolute Gasteiger partial charge is 0.220 e. The molecule has 0 aromatic rings. The first-order valence-corrected chi connectivity index (χ1v) is 8.39. The number of piperidine rings is 1. The molecule has 3 unspecified atom stereocenters. The van der Waals surface area contributed by atoms with Gasteiger partial charge in [-0.2, -0.15) is 0 Å². The van der Waals surface area contributed by atoms with Gasteiger partial charge >= 0.3 is 0 Å². The fraction of sp³-hybridized carbons (Fsp3) is 0.875. The van der Waals surface area contributed by atoms with E-state index in [1.54, 1.807) is 0 Å². The molecule has 4 aliphatic rings. The van der Waals surface area contributed by atoms with Crippen LogP contribution >= 0.6 is 0 Å². The van der Waals surface area contributed by atoms with Gasteiger partial charge in [0.15, 0.2) is 0 Å². The summed E-state index contributed by atoms with van der Waals surface area (Å²) in [4.78, 5) is 27.3. The zero-order valence-corrected chi connectivity index (χ0v) is 12.6. The van der Waals surface area contributed by atoms with Crippen molar-refractivity contribution in [1.82, 2.24) is 15.1 Å². The van der Waals surface area contributed by atoms with Crippen LogP contribution in [0.3, 0.4) is 0 Å². The maximum absolute atomic E-state index is 11.5. The molecule has 3 aliphatic heterocycles. The van der Waals surface area contributed by atoms with Crippen molar-refractivity contribution in [3.05, 3.63) is 0 Å². The van der Waals surface area contributed by atoms with Crippen molar-refractivity contribution in [3.63, 3.8) is 0 Å². The molecule has 3 atom stereocenters. The molecule has 2 bridgehead atoms. The third-order valence-corrected chi connectivity index (χ3v) is 6.40. The summed E-state index contributed by atoms with van der Waals surface area (Å²) in [5.74, 6) is 0.949. The molecule has 5 heteroatoms. The van der Waals surface area contributed by atoms with Gasteiger partial charge in [-0.3, -0.25) is 9.59 Å². The van der Waals surface area contributed by atoms with E-state index < -0.39 is 0 Å². The Hall–Kier alpha value is -1.10. The van der Waals surface area contributed by atoms with Gasteiger partial charge in [-0.25, -0.2) is 0 Å². The van der Waals surface area contributed by atoms with E-state index in [9.17, 15) is 9.59 Å². The molecular weight excluding hydrogens is 266 g/mol. The number of hydrogen-bond acceptors (Lipinski definition) is 3. The zero-order chi connectivity index (χ0) is 14.4. The molecule has 4 fully saturated rings. The Bertz CT molecular complexity index is 445. The molecule has 3 heterocycles. The fourth-order valence-electron chi connectivity index (χ4n) is 5.14. The second kappa shape index (κ2) is 4.97. The van der Waals surface area contributed by atoms with Gasteiger partial charge in [0, 0.05) is 31.6 Å². The number of fused-ring (bicyclic) bond motifs is 2. The molecule has 0 aromatic carbocycles. The average Bonchev–Trinajstić information content (AvgIpc) is 2.99. The molecule has 116 valence electrons. The predicted octanol–water partition coefficient (Wildman–Crippen LogP) is 0.598. The Morgan fingerprint density at radius 1 is 1.14 bits per heavy atom. The average molecular weight is 291 g/mol. The Morgan fingerprint density at radius 3 is 2.57 bits per heavy atom. The highest BCUT2D eigenvalue weighted by molar-refractivity contribution is 5.79. The summed E-state index contributed by atoms with van der Waals surface area (Å²) >= 11 is 0. The Labute approximate surface area is 126 Å². The lowest BCUT2D eigenvalue weighted by Crippen LogP contribution is -2.48. The third-order valence-electron chi connectivity index (χ3n) is 6.40. The fourth-order valence-corrected chi connectivity index (χ4v) is 5.14. The van der Waals surface area contributed by atoms with Crippen LogP contribution in [-0.2, 0) is 9.59 Å². The van der Waals surface area contributed by atoms with Crippen molar-refractivity contribution in [2.24, 2.45) is 11.3 Å². The SMILES string of the molecule is O=CN1CC2CC1CC(N1CCC3(CC1)CNC(=O)C3)C2. The first-order chi connectivity index (χ1) is 10.2. The normalized spacial score (nSPS) is 38.8. The van der Waals surface area contributed by atoms with Gasteiger partial charge in [-0.05, 0) is 56.5 Å². The summed E-state index contributed by atoms with van der Waals surface area (Å²) in [5.41, 5.74) is 0.246. The predicted molar refractivity (Wildman–Crippen MR) is 78.6 cm³/mol. The number of amides is 2. The van der Waals surface area contributed by atoms with Gasteiger partial charge in [0.2, 0.25) is 12.3 Å². The minimum absolute atomic E-state index is 0.237. The molecule has 1 N–H and O–H groups in total. The maximum atomic E-state index is 11.5. The van der Waals surface area contributed by atoms with E-state index in [-0.39, 0.29) is 11.3 Å². The number of nitrogens with zero attached hydrogens (tertiary/aromatic N) is 2. The Balaban J connectivity index is 1.37. The number of carbonyl (C=O) groups is 2. The minimum atomic E-state index is 0.237. The van der Waals surface area contributed by atoms with Crippen molar-refractivity contribution < 1.29 is 9.59 Å². The summed E-state index contributed by atoms with van der Waals surface area (Å²) < 4.78 is 0. The molecule has 2 amide bonds. The van der Waals surface area contributed by atoms with E-state index in [4.69, 9.17) is 0 Å². The van der Waals surface area contributed by atoms with Gasteiger partial charge in [0.1, 0.15) is 0 Å². The van der Waals surface area contributed by atoms with E-state index >= 15 is 0 Å². The standard InChI is InChI=1S/C16H25N3O2/c20-11-19-9-12-5-13(7-14(19)6-12)18-3-1-16(2-4-18)8-15(21)17-10-16/h11-14H,1-10H2,(H,17,21). The lowest BCUT2D eigenvalue weighted by Gasteiger charge is -2.44. The summed E-state index contributed by atoms with van der Waals surface area (Å²) in [7, 11) is 0.